The number of fused-ring (bicyclic) bond motifs is 1. The second kappa shape index (κ2) is 4.08. The molecule has 1 atom stereocenters. The lowest BCUT2D eigenvalue weighted by Crippen LogP contribution is -2.15. The number of imidazole rings is 1. The van der Waals surface area contributed by atoms with Gasteiger partial charge in [0.15, 0.2) is 0 Å². The van der Waals surface area contributed by atoms with Gasteiger partial charge in [-0.3, -0.25) is 9.36 Å². The maximum Gasteiger partial charge on any atom is 0.326 e. The van der Waals surface area contributed by atoms with Gasteiger partial charge < -0.3 is 10.1 Å². The van der Waals surface area contributed by atoms with Crippen LogP contribution in [-0.2, 0) is 18.3 Å². The number of aromatic amines is 1. The summed E-state index contributed by atoms with van der Waals surface area (Å²) in [5, 5.41) is 8.91. The molecule has 0 radical (unpaired) electrons. The molecule has 1 unspecified atom stereocenters. The SMILES string of the molecule is CC(Cc1cccc2[nH]c(=O)n(C)c12)C(=O)O. The molecule has 0 aliphatic heterocycles. The highest BCUT2D eigenvalue weighted by Crippen LogP contribution is 2.18. The summed E-state index contributed by atoms with van der Waals surface area (Å²) in [6.45, 7) is 1.66. The van der Waals surface area contributed by atoms with Crippen LogP contribution in [0.2, 0.25) is 0 Å². The van der Waals surface area contributed by atoms with Gasteiger partial charge in [-0.15, -0.1) is 0 Å². The number of H-pyrrole nitrogens is 1. The van der Waals surface area contributed by atoms with Crippen molar-refractivity contribution in [1.29, 1.82) is 0 Å². The van der Waals surface area contributed by atoms with Crippen LogP contribution in [0.1, 0.15) is 12.5 Å². The summed E-state index contributed by atoms with van der Waals surface area (Å²) in [5.74, 6) is -1.30. The molecule has 0 saturated carbocycles. The van der Waals surface area contributed by atoms with Crippen LogP contribution in [0.25, 0.3) is 11.0 Å². The number of carbonyl (C=O) groups is 1. The zero-order valence-corrected chi connectivity index (χ0v) is 9.73. The number of carboxylic acid groups (broad SMARTS) is 1. The molecule has 0 fully saturated rings. The Morgan fingerprint density at radius 2 is 2.24 bits per heavy atom. The van der Waals surface area contributed by atoms with Gasteiger partial charge in [0, 0.05) is 7.05 Å². The highest BCUT2D eigenvalue weighted by atomic mass is 16.4. The molecule has 0 saturated heterocycles. The van der Waals surface area contributed by atoms with E-state index in [-0.39, 0.29) is 5.69 Å². The minimum atomic E-state index is -0.831. The van der Waals surface area contributed by atoms with Gasteiger partial charge in [-0.1, -0.05) is 19.1 Å². The van der Waals surface area contributed by atoms with E-state index in [1.54, 1.807) is 14.0 Å². The summed E-state index contributed by atoms with van der Waals surface area (Å²) in [4.78, 5) is 25.1. The molecule has 1 aromatic heterocycles. The van der Waals surface area contributed by atoms with Crippen molar-refractivity contribution >= 4 is 17.0 Å². The second-order valence-corrected chi connectivity index (χ2v) is 4.25. The molecule has 0 aliphatic rings. The van der Waals surface area contributed by atoms with Crippen LogP contribution in [0, 0.1) is 5.92 Å². The predicted octanol–water partition coefficient (Wildman–Crippen LogP) is 1.13. The molecule has 0 bridgehead atoms. The summed E-state index contributed by atoms with van der Waals surface area (Å²) in [7, 11) is 1.68. The van der Waals surface area contributed by atoms with E-state index in [9.17, 15) is 9.59 Å². The lowest BCUT2D eigenvalue weighted by atomic mass is 10.0. The number of benzene rings is 1. The average Bonchev–Trinajstić information content (AvgIpc) is 2.56. The Bertz CT molecular complexity index is 624. The van der Waals surface area contributed by atoms with Crippen molar-refractivity contribution < 1.29 is 9.90 Å². The predicted molar refractivity (Wildman–Crippen MR) is 64.0 cm³/mol. The molecule has 5 heteroatoms. The third kappa shape index (κ3) is 1.95. The zero-order valence-electron chi connectivity index (χ0n) is 9.73. The number of rotatable bonds is 3. The zero-order chi connectivity index (χ0) is 12.6. The highest BCUT2D eigenvalue weighted by Gasteiger charge is 2.15. The number of hydrogen-bond donors (Lipinski definition) is 2. The number of aryl methyl sites for hydroxylation is 1. The Labute approximate surface area is 97.7 Å². The largest absolute Gasteiger partial charge is 0.481 e. The van der Waals surface area contributed by atoms with Crippen LogP contribution in [0.3, 0.4) is 0 Å². The number of hydrogen-bond acceptors (Lipinski definition) is 2. The molecule has 2 aromatic rings. The summed E-state index contributed by atoms with van der Waals surface area (Å²) in [6.07, 6.45) is 0.414. The minimum Gasteiger partial charge on any atom is -0.481 e. The van der Waals surface area contributed by atoms with Crippen LogP contribution in [-0.4, -0.2) is 20.6 Å². The maximum absolute atomic E-state index is 11.5. The topological polar surface area (TPSA) is 75.1 Å². The molecule has 90 valence electrons. The summed E-state index contributed by atoms with van der Waals surface area (Å²) in [6, 6.07) is 5.49. The first kappa shape index (κ1) is 11.4. The Balaban J connectivity index is 2.54. The fraction of sp³-hybridized carbons (Fsp3) is 0.333. The maximum atomic E-state index is 11.5. The minimum absolute atomic E-state index is 0.185. The van der Waals surface area contributed by atoms with Crippen LogP contribution in [0.15, 0.2) is 23.0 Å². The van der Waals surface area contributed by atoms with Crippen molar-refractivity contribution in [2.45, 2.75) is 13.3 Å². The van der Waals surface area contributed by atoms with E-state index in [1.165, 1.54) is 4.57 Å². The molecule has 2 rings (SSSR count). The third-order valence-corrected chi connectivity index (χ3v) is 2.95. The fourth-order valence-corrected chi connectivity index (χ4v) is 1.97. The van der Waals surface area contributed by atoms with E-state index in [0.717, 1.165) is 16.6 Å². The smallest absolute Gasteiger partial charge is 0.326 e. The van der Waals surface area contributed by atoms with Gasteiger partial charge in [-0.25, -0.2) is 4.79 Å². The number of nitrogens with one attached hydrogen (secondary N) is 1. The summed E-state index contributed by atoms with van der Waals surface area (Å²) < 4.78 is 1.51. The normalized spacial score (nSPS) is 12.8. The highest BCUT2D eigenvalue weighted by molar-refractivity contribution is 5.80. The molecule has 0 amide bonds. The molecule has 0 aliphatic carbocycles. The number of carboxylic acids is 1. The van der Waals surface area contributed by atoms with Gasteiger partial charge in [0.1, 0.15) is 0 Å². The molecule has 1 aromatic carbocycles. The van der Waals surface area contributed by atoms with Crippen molar-refractivity contribution in [2.24, 2.45) is 13.0 Å². The standard InChI is InChI=1S/C12H14N2O3/c1-7(11(15)16)6-8-4-3-5-9-10(8)14(2)12(17)13-9/h3-5,7H,6H2,1-2H3,(H,13,17)(H,15,16). The van der Waals surface area contributed by atoms with Gasteiger partial charge >= 0.3 is 11.7 Å². The van der Waals surface area contributed by atoms with Crippen molar-refractivity contribution in [2.75, 3.05) is 0 Å². The van der Waals surface area contributed by atoms with Crippen molar-refractivity contribution in [3.63, 3.8) is 0 Å². The number of para-hydroxylation sites is 1. The van der Waals surface area contributed by atoms with Gasteiger partial charge in [-0.2, -0.15) is 0 Å². The Hall–Kier alpha value is -2.04. The van der Waals surface area contributed by atoms with Crippen LogP contribution in [0.4, 0.5) is 0 Å². The lowest BCUT2D eigenvalue weighted by molar-refractivity contribution is -0.141. The fourth-order valence-electron chi connectivity index (χ4n) is 1.97. The van der Waals surface area contributed by atoms with Gasteiger partial charge in [0.2, 0.25) is 0 Å². The number of nitrogens with zero attached hydrogens (tertiary/aromatic N) is 1. The van der Waals surface area contributed by atoms with E-state index in [0.29, 0.717) is 6.42 Å². The summed E-state index contributed by atoms with van der Waals surface area (Å²) in [5.41, 5.74) is 2.21. The molecular weight excluding hydrogens is 220 g/mol. The van der Waals surface area contributed by atoms with Crippen LogP contribution < -0.4 is 5.69 Å². The molecular formula is C12H14N2O3. The van der Waals surface area contributed by atoms with Gasteiger partial charge in [-0.05, 0) is 18.1 Å². The van der Waals surface area contributed by atoms with Gasteiger partial charge in [0.25, 0.3) is 0 Å². The Morgan fingerprint density at radius 3 is 2.88 bits per heavy atom. The lowest BCUT2D eigenvalue weighted by Gasteiger charge is -2.08. The number of aromatic nitrogens is 2. The number of aliphatic carboxylic acids is 1. The van der Waals surface area contributed by atoms with E-state index >= 15 is 0 Å². The van der Waals surface area contributed by atoms with Gasteiger partial charge in [0.05, 0.1) is 17.0 Å². The van der Waals surface area contributed by atoms with Crippen molar-refractivity contribution in [3.8, 4) is 0 Å². The van der Waals surface area contributed by atoms with Crippen molar-refractivity contribution in [1.82, 2.24) is 9.55 Å². The first-order chi connectivity index (χ1) is 8.00. The second-order valence-electron chi connectivity index (χ2n) is 4.25. The summed E-state index contributed by atoms with van der Waals surface area (Å²) >= 11 is 0. The van der Waals surface area contributed by atoms with Crippen LogP contribution in [0.5, 0.6) is 0 Å². The van der Waals surface area contributed by atoms with E-state index in [4.69, 9.17) is 5.11 Å². The monoisotopic (exact) mass is 234 g/mol. The Kier molecular flexibility index (Phi) is 2.75. The van der Waals surface area contributed by atoms with E-state index in [1.807, 2.05) is 18.2 Å². The third-order valence-electron chi connectivity index (χ3n) is 2.95. The van der Waals surface area contributed by atoms with E-state index < -0.39 is 11.9 Å². The Morgan fingerprint density at radius 1 is 1.53 bits per heavy atom. The first-order valence-corrected chi connectivity index (χ1v) is 5.40. The van der Waals surface area contributed by atoms with Crippen LogP contribution >= 0.6 is 0 Å². The molecule has 2 N–H and O–H groups in total. The molecule has 0 spiro atoms. The quantitative estimate of drug-likeness (QED) is 0.835. The molecule has 17 heavy (non-hydrogen) atoms. The first-order valence-electron chi connectivity index (χ1n) is 5.40. The molecule has 5 nitrogen and oxygen atoms in total. The van der Waals surface area contributed by atoms with Crippen molar-refractivity contribution in [3.05, 3.63) is 34.2 Å². The average molecular weight is 234 g/mol. The molecule has 1 heterocycles. The van der Waals surface area contributed by atoms with E-state index in [2.05, 4.69) is 4.98 Å².